The van der Waals surface area contributed by atoms with Crippen LogP contribution < -0.4 is 15.6 Å². The largest absolute Gasteiger partial charge is 0.486 e. The first kappa shape index (κ1) is 18.3. The van der Waals surface area contributed by atoms with Gasteiger partial charge in [-0.1, -0.05) is 6.07 Å². The number of aromatic amines is 1. The van der Waals surface area contributed by atoms with Crippen molar-refractivity contribution in [3.05, 3.63) is 64.5 Å². The summed E-state index contributed by atoms with van der Waals surface area (Å²) in [4.78, 5) is 25.5. The first-order valence-corrected chi connectivity index (χ1v) is 9.60. The first-order valence-electron chi connectivity index (χ1n) is 9.60. The molecule has 1 saturated heterocycles. The molecule has 9 heteroatoms. The molecule has 0 spiro atoms. The van der Waals surface area contributed by atoms with E-state index in [9.17, 15) is 4.79 Å². The highest BCUT2D eigenvalue weighted by Crippen LogP contribution is 2.24. The van der Waals surface area contributed by atoms with Crippen LogP contribution >= 0.6 is 0 Å². The summed E-state index contributed by atoms with van der Waals surface area (Å²) >= 11 is 0. The molecule has 0 bridgehead atoms. The van der Waals surface area contributed by atoms with Gasteiger partial charge in [-0.05, 0) is 26.0 Å². The molecule has 30 heavy (non-hydrogen) atoms. The fourth-order valence-electron chi connectivity index (χ4n) is 3.38. The second kappa shape index (κ2) is 7.27. The van der Waals surface area contributed by atoms with E-state index in [0.29, 0.717) is 41.6 Å². The maximum absolute atomic E-state index is 12.4. The number of benzene rings is 1. The number of nitrogens with zero attached hydrogens (tertiary/aromatic N) is 4. The predicted molar refractivity (Wildman–Crippen MR) is 112 cm³/mol. The molecule has 4 heterocycles. The average molecular weight is 404 g/mol. The zero-order chi connectivity index (χ0) is 20.7. The van der Waals surface area contributed by atoms with Crippen LogP contribution in [0.1, 0.15) is 11.5 Å². The summed E-state index contributed by atoms with van der Waals surface area (Å²) in [5.41, 5.74) is 2.13. The van der Waals surface area contributed by atoms with E-state index in [1.165, 1.54) is 0 Å². The lowest BCUT2D eigenvalue weighted by Gasteiger charge is -2.26. The van der Waals surface area contributed by atoms with Crippen molar-refractivity contribution in [3.8, 4) is 11.4 Å². The Morgan fingerprint density at radius 1 is 1.17 bits per heavy atom. The van der Waals surface area contributed by atoms with Crippen LogP contribution in [0.4, 0.5) is 11.6 Å². The van der Waals surface area contributed by atoms with Crippen LogP contribution in [-0.2, 0) is 4.74 Å². The Labute approximate surface area is 171 Å². The summed E-state index contributed by atoms with van der Waals surface area (Å²) in [5.74, 6) is 2.62. The van der Waals surface area contributed by atoms with E-state index in [-0.39, 0.29) is 11.7 Å². The fourth-order valence-corrected chi connectivity index (χ4v) is 3.38. The van der Waals surface area contributed by atoms with Crippen LogP contribution in [0.25, 0.3) is 16.6 Å². The van der Waals surface area contributed by atoms with Crippen molar-refractivity contribution in [2.45, 2.75) is 20.0 Å². The number of aryl methyl sites for hydroxylation is 2. The molecule has 5 rings (SSSR count). The molecule has 3 aromatic heterocycles. The number of fused-ring (bicyclic) bond motifs is 1. The van der Waals surface area contributed by atoms with E-state index < -0.39 is 0 Å². The number of anilines is 2. The number of H-pyrrole nitrogens is 1. The molecule has 0 saturated carbocycles. The highest BCUT2D eigenvalue weighted by Gasteiger charge is 2.20. The van der Waals surface area contributed by atoms with E-state index >= 15 is 0 Å². The normalized spacial score (nSPS) is 13.9. The van der Waals surface area contributed by atoms with Crippen LogP contribution in [0.2, 0.25) is 0 Å². The molecule has 1 aliphatic heterocycles. The molecule has 0 aliphatic carbocycles. The van der Waals surface area contributed by atoms with E-state index in [4.69, 9.17) is 9.47 Å². The van der Waals surface area contributed by atoms with Gasteiger partial charge >= 0.3 is 0 Å². The molecular formula is C21H20N6O3. The minimum absolute atomic E-state index is 0.0699. The third-order valence-corrected chi connectivity index (χ3v) is 4.79. The van der Waals surface area contributed by atoms with Crippen LogP contribution in [-0.4, -0.2) is 44.1 Å². The fraction of sp³-hybridized carbons (Fsp3) is 0.238. The summed E-state index contributed by atoms with van der Waals surface area (Å²) in [6.45, 7) is 4.93. The van der Waals surface area contributed by atoms with Crippen molar-refractivity contribution < 1.29 is 9.47 Å². The number of hydrogen-bond acceptors (Lipinski definition) is 7. The molecule has 1 fully saturated rings. The minimum Gasteiger partial charge on any atom is -0.486 e. The molecular weight excluding hydrogens is 384 g/mol. The Kier molecular flexibility index (Phi) is 4.44. The molecule has 9 nitrogen and oxygen atoms in total. The Morgan fingerprint density at radius 3 is 2.80 bits per heavy atom. The number of hydrogen-bond donors (Lipinski definition) is 2. The van der Waals surface area contributed by atoms with Gasteiger partial charge in [0.25, 0.3) is 5.56 Å². The van der Waals surface area contributed by atoms with Gasteiger partial charge in [0.2, 0.25) is 0 Å². The molecule has 152 valence electrons. The Balaban J connectivity index is 1.52. The van der Waals surface area contributed by atoms with Crippen molar-refractivity contribution in [2.75, 3.05) is 18.5 Å². The topological polar surface area (TPSA) is 107 Å². The van der Waals surface area contributed by atoms with Crippen molar-refractivity contribution in [2.24, 2.45) is 0 Å². The van der Waals surface area contributed by atoms with E-state index in [0.717, 1.165) is 17.1 Å². The summed E-state index contributed by atoms with van der Waals surface area (Å²) in [5, 5.41) is 6.56. The van der Waals surface area contributed by atoms with Gasteiger partial charge in [0.05, 0.1) is 29.8 Å². The van der Waals surface area contributed by atoms with Gasteiger partial charge in [0.15, 0.2) is 0 Å². The Bertz CT molecular complexity index is 1270. The summed E-state index contributed by atoms with van der Waals surface area (Å²) in [6.07, 6.45) is 1.63. The van der Waals surface area contributed by atoms with Crippen molar-refractivity contribution >= 4 is 22.5 Å². The molecule has 2 N–H and O–H groups in total. The standard InChI is InChI=1S/C21H20N6O3/c1-12-6-20(24-13(2)23-12)25-19-8-18-17(9-22-19)21(28)26-27(18)14-4-3-5-15(7-14)30-16-10-29-11-16/h3-9,16H,10-11H2,1-2H3,(H,26,28)(H,22,23,24,25). The summed E-state index contributed by atoms with van der Waals surface area (Å²) in [6, 6.07) is 11.2. The van der Waals surface area contributed by atoms with Crippen molar-refractivity contribution in [3.63, 3.8) is 0 Å². The maximum Gasteiger partial charge on any atom is 0.273 e. The molecule has 4 aromatic rings. The number of rotatable bonds is 5. The average Bonchev–Trinajstić information content (AvgIpc) is 3.00. The first-order chi connectivity index (χ1) is 14.5. The number of aromatic nitrogens is 5. The van der Waals surface area contributed by atoms with Gasteiger partial charge in [-0.2, -0.15) is 0 Å². The lowest BCUT2D eigenvalue weighted by atomic mass is 10.2. The van der Waals surface area contributed by atoms with Gasteiger partial charge in [0.1, 0.15) is 29.3 Å². The highest BCUT2D eigenvalue weighted by molar-refractivity contribution is 5.82. The minimum atomic E-state index is -0.212. The molecule has 1 aliphatic rings. The highest BCUT2D eigenvalue weighted by atomic mass is 16.6. The van der Waals surface area contributed by atoms with Crippen molar-refractivity contribution in [1.29, 1.82) is 0 Å². The number of nitrogens with one attached hydrogen (secondary N) is 2. The van der Waals surface area contributed by atoms with Crippen LogP contribution in [0.5, 0.6) is 5.75 Å². The van der Waals surface area contributed by atoms with Gasteiger partial charge < -0.3 is 14.8 Å². The third kappa shape index (κ3) is 3.50. The monoisotopic (exact) mass is 404 g/mol. The Morgan fingerprint density at radius 2 is 2.03 bits per heavy atom. The Hall–Kier alpha value is -3.72. The van der Waals surface area contributed by atoms with Gasteiger partial charge in [0, 0.05) is 30.1 Å². The quantitative estimate of drug-likeness (QED) is 0.527. The predicted octanol–water partition coefficient (Wildman–Crippen LogP) is 2.64. The lowest BCUT2D eigenvalue weighted by molar-refractivity contribution is -0.0796. The molecule has 1 aromatic carbocycles. The maximum atomic E-state index is 12.4. The number of pyridine rings is 1. The van der Waals surface area contributed by atoms with Gasteiger partial charge in [-0.25, -0.2) is 15.0 Å². The molecule has 0 radical (unpaired) electrons. The van der Waals surface area contributed by atoms with E-state index in [2.05, 4.69) is 25.4 Å². The van der Waals surface area contributed by atoms with Gasteiger partial charge in [-0.3, -0.25) is 14.6 Å². The molecule has 0 atom stereocenters. The van der Waals surface area contributed by atoms with Gasteiger partial charge in [-0.15, -0.1) is 0 Å². The second-order valence-electron chi connectivity index (χ2n) is 7.20. The summed E-state index contributed by atoms with van der Waals surface area (Å²) < 4.78 is 12.8. The third-order valence-electron chi connectivity index (χ3n) is 4.79. The number of ether oxygens (including phenoxy) is 2. The van der Waals surface area contributed by atoms with Crippen LogP contribution in [0.15, 0.2) is 47.4 Å². The van der Waals surface area contributed by atoms with Crippen LogP contribution in [0.3, 0.4) is 0 Å². The smallest absolute Gasteiger partial charge is 0.273 e. The summed E-state index contributed by atoms with van der Waals surface area (Å²) in [7, 11) is 0. The van der Waals surface area contributed by atoms with E-state index in [1.807, 2.05) is 50.2 Å². The second-order valence-corrected chi connectivity index (χ2v) is 7.20. The zero-order valence-electron chi connectivity index (χ0n) is 16.5. The van der Waals surface area contributed by atoms with Crippen molar-refractivity contribution in [1.82, 2.24) is 24.7 Å². The zero-order valence-corrected chi connectivity index (χ0v) is 16.5. The SMILES string of the molecule is Cc1cc(Nc2cc3c(cn2)c(=O)[nH]n3-c2cccc(OC3COC3)c2)nc(C)n1. The lowest BCUT2D eigenvalue weighted by Crippen LogP contribution is -2.38. The molecule has 0 unspecified atom stereocenters. The van der Waals surface area contributed by atoms with Crippen LogP contribution in [0, 0.1) is 13.8 Å². The molecule has 0 amide bonds. The van der Waals surface area contributed by atoms with E-state index in [1.54, 1.807) is 10.9 Å².